The molecule has 0 saturated heterocycles. The number of nitrogens with zero attached hydrogens (tertiary/aromatic N) is 2. The zero-order valence-electron chi connectivity index (χ0n) is 12.9. The first-order chi connectivity index (χ1) is 11.6. The molecule has 122 valence electrons. The Balaban J connectivity index is 1.71. The van der Waals surface area contributed by atoms with Crippen molar-refractivity contribution in [1.29, 1.82) is 0 Å². The van der Waals surface area contributed by atoms with Crippen molar-refractivity contribution in [1.82, 2.24) is 4.98 Å². The average Bonchev–Trinajstić information content (AvgIpc) is 3.05. The molecule has 1 aliphatic heterocycles. The lowest BCUT2D eigenvalue weighted by molar-refractivity contribution is 0.174. The fourth-order valence-corrected chi connectivity index (χ4v) is 2.89. The van der Waals surface area contributed by atoms with Gasteiger partial charge in [0.05, 0.1) is 11.1 Å². The zero-order chi connectivity index (χ0) is 16.7. The topological polar surface area (TPSA) is 34.6 Å². The summed E-state index contributed by atoms with van der Waals surface area (Å²) in [6.07, 6.45) is 1.48. The minimum Gasteiger partial charge on any atom is -0.454 e. The van der Waals surface area contributed by atoms with Crippen molar-refractivity contribution in [2.75, 3.05) is 18.7 Å². The van der Waals surface area contributed by atoms with Gasteiger partial charge in [-0.2, -0.15) is 0 Å². The van der Waals surface area contributed by atoms with Crippen LogP contribution < -0.4 is 14.4 Å². The van der Waals surface area contributed by atoms with Crippen LogP contribution in [-0.2, 0) is 6.54 Å². The maximum atomic E-state index is 14.2. The number of fused-ring (bicyclic) bond motifs is 2. The maximum absolute atomic E-state index is 14.2. The third-order valence-corrected chi connectivity index (χ3v) is 4.04. The molecule has 1 aliphatic rings. The van der Waals surface area contributed by atoms with Gasteiger partial charge in [0, 0.05) is 19.8 Å². The molecule has 0 amide bonds. The van der Waals surface area contributed by atoms with Crippen LogP contribution in [0.25, 0.3) is 10.9 Å². The largest absolute Gasteiger partial charge is 0.454 e. The van der Waals surface area contributed by atoms with Crippen molar-refractivity contribution in [2.24, 2.45) is 0 Å². The number of aromatic nitrogens is 1. The Labute approximate surface area is 137 Å². The van der Waals surface area contributed by atoms with E-state index in [9.17, 15) is 8.78 Å². The van der Waals surface area contributed by atoms with Crippen LogP contribution in [0.1, 0.15) is 5.56 Å². The Kier molecular flexibility index (Phi) is 3.45. The minimum absolute atomic E-state index is 0.0324. The van der Waals surface area contributed by atoms with Crippen LogP contribution >= 0.6 is 0 Å². The van der Waals surface area contributed by atoms with Gasteiger partial charge >= 0.3 is 0 Å². The third kappa shape index (κ3) is 2.40. The number of hydrogen-bond acceptors (Lipinski definition) is 4. The van der Waals surface area contributed by atoms with E-state index < -0.39 is 11.6 Å². The SMILES string of the molecule is CN(Cc1ccc2c(c1)OCO2)c1ccnc2c(F)ccc(F)c12. The van der Waals surface area contributed by atoms with Gasteiger partial charge in [-0.15, -0.1) is 0 Å². The molecule has 1 aromatic heterocycles. The van der Waals surface area contributed by atoms with Crippen molar-refractivity contribution in [2.45, 2.75) is 6.54 Å². The zero-order valence-corrected chi connectivity index (χ0v) is 12.9. The molecule has 4 nitrogen and oxygen atoms in total. The standard InChI is InChI=1S/C18H14F2N2O2/c1-22(9-11-2-5-15-16(8-11)24-10-23-15)14-6-7-21-18-13(20)4-3-12(19)17(14)18/h2-8H,9-10H2,1H3. The third-order valence-electron chi connectivity index (χ3n) is 4.04. The van der Waals surface area contributed by atoms with E-state index in [4.69, 9.17) is 9.47 Å². The highest BCUT2D eigenvalue weighted by Crippen LogP contribution is 2.34. The Hall–Kier alpha value is -2.89. The second kappa shape index (κ2) is 5.63. The van der Waals surface area contributed by atoms with E-state index in [1.807, 2.05) is 30.1 Å². The molecule has 0 radical (unpaired) electrons. The van der Waals surface area contributed by atoms with Crippen LogP contribution in [0.15, 0.2) is 42.6 Å². The van der Waals surface area contributed by atoms with Crippen molar-refractivity contribution >= 4 is 16.6 Å². The normalized spacial score (nSPS) is 12.6. The number of halogens is 2. The Morgan fingerprint density at radius 3 is 2.71 bits per heavy atom. The molecule has 2 heterocycles. The number of pyridine rings is 1. The lowest BCUT2D eigenvalue weighted by Gasteiger charge is -2.21. The molecule has 0 fully saturated rings. The van der Waals surface area contributed by atoms with Gasteiger partial charge in [-0.1, -0.05) is 6.07 Å². The summed E-state index contributed by atoms with van der Waals surface area (Å²) in [5.41, 5.74) is 1.59. The average molecular weight is 328 g/mol. The molecule has 2 aromatic carbocycles. The fraction of sp³-hybridized carbons (Fsp3) is 0.167. The monoisotopic (exact) mass is 328 g/mol. The lowest BCUT2D eigenvalue weighted by Crippen LogP contribution is -2.17. The summed E-state index contributed by atoms with van der Waals surface area (Å²) in [5, 5.41) is 0.181. The van der Waals surface area contributed by atoms with Gasteiger partial charge in [-0.25, -0.2) is 8.78 Å². The molecule has 0 spiro atoms. The quantitative estimate of drug-likeness (QED) is 0.731. The number of ether oxygens (including phenoxy) is 2. The number of rotatable bonds is 3. The molecular formula is C18H14F2N2O2. The predicted octanol–water partition coefficient (Wildman–Crippen LogP) is 3.88. The first kappa shape index (κ1) is 14.7. The summed E-state index contributed by atoms with van der Waals surface area (Å²) < 4.78 is 38.8. The maximum Gasteiger partial charge on any atom is 0.231 e. The predicted molar refractivity (Wildman–Crippen MR) is 86.3 cm³/mol. The van der Waals surface area contributed by atoms with Crippen LogP contribution in [-0.4, -0.2) is 18.8 Å². The van der Waals surface area contributed by atoms with Crippen LogP contribution in [0.4, 0.5) is 14.5 Å². The molecule has 4 rings (SSSR count). The van der Waals surface area contributed by atoms with Gasteiger partial charge in [0.2, 0.25) is 6.79 Å². The van der Waals surface area contributed by atoms with E-state index in [0.29, 0.717) is 23.7 Å². The number of benzene rings is 2. The summed E-state index contributed by atoms with van der Waals surface area (Å²) in [6.45, 7) is 0.722. The molecule has 0 unspecified atom stereocenters. The van der Waals surface area contributed by atoms with Gasteiger partial charge in [0.15, 0.2) is 11.5 Å². The van der Waals surface area contributed by atoms with Gasteiger partial charge in [-0.3, -0.25) is 4.98 Å². The van der Waals surface area contributed by atoms with Crippen LogP contribution in [0.2, 0.25) is 0 Å². The highest BCUT2D eigenvalue weighted by Gasteiger charge is 2.17. The number of hydrogen-bond donors (Lipinski definition) is 0. The second-order valence-corrected chi connectivity index (χ2v) is 5.63. The highest BCUT2D eigenvalue weighted by molar-refractivity contribution is 5.92. The first-order valence-electron chi connectivity index (χ1n) is 7.46. The van der Waals surface area contributed by atoms with Crippen molar-refractivity contribution in [3.8, 4) is 11.5 Å². The van der Waals surface area contributed by atoms with Crippen molar-refractivity contribution in [3.05, 3.63) is 59.8 Å². The van der Waals surface area contributed by atoms with E-state index in [1.54, 1.807) is 6.07 Å². The molecule has 0 atom stereocenters. The van der Waals surface area contributed by atoms with E-state index in [-0.39, 0.29) is 17.7 Å². The van der Waals surface area contributed by atoms with Gasteiger partial charge in [0.25, 0.3) is 0 Å². The molecule has 0 N–H and O–H groups in total. The number of anilines is 1. The van der Waals surface area contributed by atoms with Crippen molar-refractivity contribution < 1.29 is 18.3 Å². The van der Waals surface area contributed by atoms with Crippen molar-refractivity contribution in [3.63, 3.8) is 0 Å². The van der Waals surface area contributed by atoms with Gasteiger partial charge in [0.1, 0.15) is 17.2 Å². The Morgan fingerprint density at radius 2 is 1.83 bits per heavy atom. The molecule has 24 heavy (non-hydrogen) atoms. The van der Waals surface area contributed by atoms with Gasteiger partial charge < -0.3 is 14.4 Å². The first-order valence-corrected chi connectivity index (χ1v) is 7.46. The second-order valence-electron chi connectivity index (χ2n) is 5.63. The molecule has 0 bridgehead atoms. The molecule has 6 heteroatoms. The molecular weight excluding hydrogens is 314 g/mol. The summed E-state index contributed by atoms with van der Waals surface area (Å²) in [7, 11) is 1.82. The molecule has 0 aliphatic carbocycles. The van der Waals surface area contributed by atoms with E-state index in [0.717, 1.165) is 17.7 Å². The summed E-state index contributed by atoms with van der Waals surface area (Å²) in [6, 6.07) is 9.54. The fourth-order valence-electron chi connectivity index (χ4n) is 2.89. The summed E-state index contributed by atoms with van der Waals surface area (Å²) >= 11 is 0. The summed E-state index contributed by atoms with van der Waals surface area (Å²) in [5.74, 6) is 0.373. The van der Waals surface area contributed by atoms with E-state index >= 15 is 0 Å². The summed E-state index contributed by atoms with van der Waals surface area (Å²) in [4.78, 5) is 5.81. The Bertz CT molecular complexity index is 930. The highest BCUT2D eigenvalue weighted by atomic mass is 19.1. The molecule has 0 saturated carbocycles. The van der Waals surface area contributed by atoms with E-state index in [1.165, 1.54) is 6.20 Å². The van der Waals surface area contributed by atoms with E-state index in [2.05, 4.69) is 4.98 Å². The lowest BCUT2D eigenvalue weighted by atomic mass is 10.1. The van der Waals surface area contributed by atoms with Crippen LogP contribution in [0.3, 0.4) is 0 Å². The Morgan fingerprint density at radius 1 is 1.04 bits per heavy atom. The smallest absolute Gasteiger partial charge is 0.231 e. The minimum atomic E-state index is -0.537. The van der Waals surface area contributed by atoms with Gasteiger partial charge in [-0.05, 0) is 35.9 Å². The molecule has 3 aromatic rings. The van der Waals surface area contributed by atoms with Crippen LogP contribution in [0.5, 0.6) is 11.5 Å². The van der Waals surface area contributed by atoms with Crippen LogP contribution in [0, 0.1) is 11.6 Å².